The average molecular weight is 402 g/mol. The van der Waals surface area contributed by atoms with Gasteiger partial charge in [0.15, 0.2) is 5.13 Å². The molecule has 1 atom stereocenters. The number of hydrogen-bond acceptors (Lipinski definition) is 6. The summed E-state index contributed by atoms with van der Waals surface area (Å²) < 4.78 is 5.43. The highest BCUT2D eigenvalue weighted by Crippen LogP contribution is 2.35. The van der Waals surface area contributed by atoms with Gasteiger partial charge in [0.2, 0.25) is 5.91 Å². The molecule has 1 fully saturated rings. The predicted molar refractivity (Wildman–Crippen MR) is 110 cm³/mol. The fourth-order valence-corrected chi connectivity index (χ4v) is 5.07. The van der Waals surface area contributed by atoms with Gasteiger partial charge in [-0.25, -0.2) is 4.98 Å². The van der Waals surface area contributed by atoms with Crippen LogP contribution in [-0.4, -0.2) is 60.4 Å². The standard InChI is InChI=1S/C21H27N3O3S/c25-11-8-24(15-16-4-2-1-3-5-16)20(26)17-6-7-19-18(14-17)22-21(28-19)23-9-12-27-13-10-23/h1-5,17,25H,6-15H2. The zero-order chi connectivity index (χ0) is 19.3. The van der Waals surface area contributed by atoms with Crippen molar-refractivity contribution >= 4 is 22.4 Å². The number of hydrogen-bond donors (Lipinski definition) is 1. The van der Waals surface area contributed by atoms with Gasteiger partial charge in [-0.05, 0) is 18.4 Å². The molecule has 0 radical (unpaired) electrons. The van der Waals surface area contributed by atoms with Crippen LogP contribution < -0.4 is 4.90 Å². The van der Waals surface area contributed by atoms with Gasteiger partial charge in [0.05, 0.1) is 25.5 Å². The highest BCUT2D eigenvalue weighted by atomic mass is 32.1. The normalized spacial score (nSPS) is 19.3. The maximum atomic E-state index is 13.2. The molecular formula is C21H27N3O3S. The summed E-state index contributed by atoms with van der Waals surface area (Å²) in [6.45, 7) is 4.16. The quantitative estimate of drug-likeness (QED) is 0.803. The Bertz CT molecular complexity index is 789. The summed E-state index contributed by atoms with van der Waals surface area (Å²) in [5.41, 5.74) is 2.17. The second-order valence-electron chi connectivity index (χ2n) is 7.37. The second-order valence-corrected chi connectivity index (χ2v) is 8.44. The molecule has 0 saturated carbocycles. The molecule has 6 nitrogen and oxygen atoms in total. The van der Waals surface area contributed by atoms with Crippen molar-refractivity contribution in [3.05, 3.63) is 46.5 Å². The molecular weight excluding hydrogens is 374 g/mol. The number of benzene rings is 1. The fourth-order valence-electron chi connectivity index (χ4n) is 3.92. The van der Waals surface area contributed by atoms with Crippen molar-refractivity contribution in [3.63, 3.8) is 0 Å². The van der Waals surface area contributed by atoms with Gasteiger partial charge in [0.25, 0.3) is 0 Å². The molecule has 150 valence electrons. The van der Waals surface area contributed by atoms with E-state index in [0.717, 1.165) is 55.5 Å². The summed E-state index contributed by atoms with van der Waals surface area (Å²) in [4.78, 5) is 23.4. The van der Waals surface area contributed by atoms with Gasteiger partial charge < -0.3 is 19.6 Å². The van der Waals surface area contributed by atoms with Crippen LogP contribution in [0.25, 0.3) is 0 Å². The maximum Gasteiger partial charge on any atom is 0.226 e. The molecule has 1 aliphatic heterocycles. The molecule has 1 saturated heterocycles. The number of aliphatic hydroxyl groups is 1. The molecule has 1 amide bonds. The first-order chi connectivity index (χ1) is 13.7. The number of carbonyl (C=O) groups excluding carboxylic acids is 1. The number of ether oxygens (including phenoxy) is 1. The van der Waals surface area contributed by atoms with Crippen molar-refractivity contribution in [1.82, 2.24) is 9.88 Å². The molecule has 1 aromatic heterocycles. The molecule has 4 rings (SSSR count). The van der Waals surface area contributed by atoms with E-state index in [1.165, 1.54) is 4.88 Å². The van der Waals surface area contributed by atoms with Crippen LogP contribution in [-0.2, 0) is 28.9 Å². The van der Waals surface area contributed by atoms with Crippen LogP contribution in [0.15, 0.2) is 30.3 Å². The third kappa shape index (κ3) is 4.37. The Morgan fingerprint density at radius 3 is 2.82 bits per heavy atom. The Labute approximate surface area is 169 Å². The minimum Gasteiger partial charge on any atom is -0.395 e. The van der Waals surface area contributed by atoms with Crippen molar-refractivity contribution in [2.45, 2.75) is 25.8 Å². The van der Waals surface area contributed by atoms with Crippen molar-refractivity contribution in [1.29, 1.82) is 0 Å². The molecule has 1 aliphatic carbocycles. The van der Waals surface area contributed by atoms with Gasteiger partial charge in [-0.3, -0.25) is 4.79 Å². The zero-order valence-corrected chi connectivity index (χ0v) is 16.9. The van der Waals surface area contributed by atoms with Crippen LogP contribution >= 0.6 is 11.3 Å². The molecule has 2 aromatic rings. The van der Waals surface area contributed by atoms with Crippen molar-refractivity contribution in [3.8, 4) is 0 Å². The van der Waals surface area contributed by atoms with Gasteiger partial charge in [-0.1, -0.05) is 30.3 Å². The lowest BCUT2D eigenvalue weighted by Gasteiger charge is -2.28. The van der Waals surface area contributed by atoms with E-state index in [4.69, 9.17) is 9.72 Å². The minimum absolute atomic E-state index is 0.0194. The van der Waals surface area contributed by atoms with E-state index in [0.29, 0.717) is 19.5 Å². The summed E-state index contributed by atoms with van der Waals surface area (Å²) in [5, 5.41) is 10.5. The van der Waals surface area contributed by atoms with Gasteiger partial charge in [0.1, 0.15) is 0 Å². The molecule has 2 heterocycles. The SMILES string of the molecule is O=C(C1CCc2sc(N3CCOCC3)nc2C1)N(CCO)Cc1ccccc1. The van der Waals surface area contributed by atoms with E-state index in [-0.39, 0.29) is 18.4 Å². The highest BCUT2D eigenvalue weighted by molar-refractivity contribution is 7.15. The lowest BCUT2D eigenvalue weighted by molar-refractivity contribution is -0.137. The highest BCUT2D eigenvalue weighted by Gasteiger charge is 2.31. The number of aromatic nitrogens is 1. The number of aryl methyl sites for hydroxylation is 1. The lowest BCUT2D eigenvalue weighted by atomic mass is 9.89. The summed E-state index contributed by atoms with van der Waals surface area (Å²) in [6.07, 6.45) is 2.46. The first-order valence-corrected chi connectivity index (χ1v) is 10.8. The molecule has 2 aliphatic rings. The average Bonchev–Trinajstić information content (AvgIpc) is 3.18. The van der Waals surface area contributed by atoms with Crippen LogP contribution in [0.2, 0.25) is 0 Å². The number of thiazole rings is 1. The number of fused-ring (bicyclic) bond motifs is 1. The monoisotopic (exact) mass is 401 g/mol. The Morgan fingerprint density at radius 2 is 2.07 bits per heavy atom. The molecule has 1 aromatic carbocycles. The number of carbonyl (C=O) groups is 1. The van der Waals surface area contributed by atoms with Crippen LogP contribution in [0.3, 0.4) is 0 Å². The van der Waals surface area contributed by atoms with Gasteiger partial charge in [-0.15, -0.1) is 11.3 Å². The van der Waals surface area contributed by atoms with Crippen LogP contribution in [0.1, 0.15) is 22.6 Å². The van der Waals surface area contributed by atoms with E-state index in [9.17, 15) is 9.90 Å². The lowest BCUT2D eigenvalue weighted by Crippen LogP contribution is -2.39. The number of rotatable bonds is 6. The number of nitrogens with zero attached hydrogens (tertiary/aromatic N) is 3. The predicted octanol–water partition coefficient (Wildman–Crippen LogP) is 2.11. The Kier molecular flexibility index (Phi) is 6.24. The number of anilines is 1. The molecule has 1 N–H and O–H groups in total. The summed E-state index contributed by atoms with van der Waals surface area (Å²) >= 11 is 1.77. The van der Waals surface area contributed by atoms with E-state index >= 15 is 0 Å². The summed E-state index contributed by atoms with van der Waals surface area (Å²) in [6, 6.07) is 9.97. The third-order valence-electron chi connectivity index (χ3n) is 5.46. The minimum atomic E-state index is -0.0533. The number of aliphatic hydroxyl groups excluding tert-OH is 1. The van der Waals surface area contributed by atoms with Gasteiger partial charge >= 0.3 is 0 Å². The maximum absolute atomic E-state index is 13.2. The van der Waals surface area contributed by atoms with E-state index < -0.39 is 0 Å². The Balaban J connectivity index is 1.44. The molecule has 0 bridgehead atoms. The van der Waals surface area contributed by atoms with Crippen molar-refractivity contribution in [2.75, 3.05) is 44.4 Å². The Morgan fingerprint density at radius 1 is 1.29 bits per heavy atom. The van der Waals surface area contributed by atoms with E-state index in [1.54, 1.807) is 16.2 Å². The fraction of sp³-hybridized carbons (Fsp3) is 0.524. The van der Waals surface area contributed by atoms with Gasteiger partial charge in [-0.2, -0.15) is 0 Å². The Hall–Kier alpha value is -1.96. The molecule has 0 spiro atoms. The van der Waals surface area contributed by atoms with Crippen LogP contribution in [0.5, 0.6) is 0 Å². The number of morpholine rings is 1. The van der Waals surface area contributed by atoms with E-state index in [2.05, 4.69) is 4.90 Å². The topological polar surface area (TPSA) is 65.9 Å². The van der Waals surface area contributed by atoms with Crippen molar-refractivity contribution in [2.24, 2.45) is 5.92 Å². The molecule has 28 heavy (non-hydrogen) atoms. The second kappa shape index (κ2) is 9.03. The first-order valence-electron chi connectivity index (χ1n) is 9.99. The zero-order valence-electron chi connectivity index (χ0n) is 16.0. The smallest absolute Gasteiger partial charge is 0.226 e. The third-order valence-corrected chi connectivity index (χ3v) is 6.67. The first kappa shape index (κ1) is 19.4. The molecule has 7 heteroatoms. The summed E-state index contributed by atoms with van der Waals surface area (Å²) in [5.74, 6) is 0.0758. The van der Waals surface area contributed by atoms with E-state index in [1.807, 2.05) is 30.3 Å². The van der Waals surface area contributed by atoms with Crippen LogP contribution in [0, 0.1) is 5.92 Å². The van der Waals surface area contributed by atoms with Gasteiger partial charge in [0, 0.05) is 43.4 Å². The number of amides is 1. The largest absolute Gasteiger partial charge is 0.395 e. The van der Waals surface area contributed by atoms with Crippen LogP contribution in [0.4, 0.5) is 5.13 Å². The van der Waals surface area contributed by atoms with Crippen molar-refractivity contribution < 1.29 is 14.6 Å². The molecule has 1 unspecified atom stereocenters. The summed E-state index contributed by atoms with van der Waals surface area (Å²) in [7, 11) is 0.